The number of benzene rings is 1. The summed E-state index contributed by atoms with van der Waals surface area (Å²) in [5.74, 6) is -0.213. The van der Waals surface area contributed by atoms with E-state index >= 15 is 0 Å². The van der Waals surface area contributed by atoms with Crippen molar-refractivity contribution in [1.82, 2.24) is 29.5 Å². The fraction of sp³-hybridized carbons (Fsp3) is 0.682. The van der Waals surface area contributed by atoms with Crippen LogP contribution in [0, 0.1) is 0 Å². The van der Waals surface area contributed by atoms with Gasteiger partial charge in [0.05, 0.1) is 23.6 Å². The van der Waals surface area contributed by atoms with E-state index in [1.54, 1.807) is 22.9 Å². The quantitative estimate of drug-likeness (QED) is 0.540. The summed E-state index contributed by atoms with van der Waals surface area (Å²) in [4.78, 5) is 15.4. The lowest BCUT2D eigenvalue weighted by molar-refractivity contribution is -0.125. The molecule has 1 amide bonds. The highest BCUT2D eigenvalue weighted by Gasteiger charge is 2.37. The number of hydrogen-bond donors (Lipinski definition) is 1. The summed E-state index contributed by atoms with van der Waals surface area (Å²) in [6.45, 7) is 7.89. The molecule has 1 aromatic heterocycles. The van der Waals surface area contributed by atoms with Crippen LogP contribution in [0.2, 0.25) is 0 Å². The van der Waals surface area contributed by atoms with E-state index in [0.717, 1.165) is 70.6 Å². The number of aromatic nitrogens is 3. The first-order valence-corrected chi connectivity index (χ1v) is 13.4. The van der Waals surface area contributed by atoms with Crippen LogP contribution in [0.5, 0.6) is 0 Å². The van der Waals surface area contributed by atoms with Crippen LogP contribution < -0.4 is 5.32 Å². The van der Waals surface area contributed by atoms with Crippen LogP contribution in [0.3, 0.4) is 0 Å². The largest absolute Gasteiger partial charge is 0.379 e. The van der Waals surface area contributed by atoms with Crippen molar-refractivity contribution in [3.63, 3.8) is 0 Å². The third-order valence-corrected chi connectivity index (χ3v) is 8.24. The number of nitrogens with one attached hydrogen (secondary N) is 1. The number of morpholine rings is 1. The van der Waals surface area contributed by atoms with Gasteiger partial charge in [-0.05, 0) is 50.4 Å². The van der Waals surface area contributed by atoms with Gasteiger partial charge in [-0.1, -0.05) is 18.6 Å². The maximum Gasteiger partial charge on any atom is 0.243 e. The molecule has 2 aromatic rings. The summed E-state index contributed by atoms with van der Waals surface area (Å²) in [6, 6.07) is 4.23. The number of nitrogens with zero attached hydrogens (tertiary/aromatic N) is 5. The second-order valence-corrected chi connectivity index (χ2v) is 10.6. The number of carbonyl (C=O) groups is 1. The Morgan fingerprint density at radius 2 is 2.00 bits per heavy atom. The molecule has 33 heavy (non-hydrogen) atoms. The molecule has 1 N–H and O–H groups in total. The van der Waals surface area contributed by atoms with Crippen molar-refractivity contribution in [2.45, 2.75) is 56.5 Å². The van der Waals surface area contributed by atoms with E-state index in [9.17, 15) is 13.2 Å². The van der Waals surface area contributed by atoms with Gasteiger partial charge in [0.25, 0.3) is 0 Å². The van der Waals surface area contributed by atoms with E-state index in [2.05, 4.69) is 27.5 Å². The van der Waals surface area contributed by atoms with Crippen molar-refractivity contribution in [3.8, 4) is 0 Å². The highest BCUT2D eigenvalue weighted by Crippen LogP contribution is 2.27. The van der Waals surface area contributed by atoms with Crippen LogP contribution in [0.4, 0.5) is 0 Å². The Morgan fingerprint density at radius 3 is 2.79 bits per heavy atom. The zero-order valence-corrected chi connectivity index (χ0v) is 20.1. The Bertz CT molecular complexity index is 1050. The van der Waals surface area contributed by atoms with Crippen LogP contribution in [0.15, 0.2) is 23.1 Å². The van der Waals surface area contributed by atoms with E-state index in [1.165, 1.54) is 4.31 Å². The highest BCUT2D eigenvalue weighted by atomic mass is 32.2. The number of hydrogen-bond acceptors (Lipinski definition) is 7. The summed E-state index contributed by atoms with van der Waals surface area (Å²) in [6.07, 6.45) is 3.85. The first-order valence-electron chi connectivity index (χ1n) is 11.9. The molecule has 0 aliphatic carbocycles. The third-order valence-electron chi connectivity index (χ3n) is 6.34. The molecular weight excluding hydrogens is 444 g/mol. The van der Waals surface area contributed by atoms with Gasteiger partial charge in [-0.25, -0.2) is 13.1 Å². The van der Waals surface area contributed by atoms with Crippen molar-refractivity contribution in [1.29, 1.82) is 0 Å². The van der Waals surface area contributed by atoms with Crippen LogP contribution in [0.1, 0.15) is 39.0 Å². The van der Waals surface area contributed by atoms with Crippen LogP contribution in [0.25, 0.3) is 11.0 Å². The van der Waals surface area contributed by atoms with Gasteiger partial charge in [-0.15, -0.1) is 5.10 Å². The average molecular weight is 479 g/mol. The fourth-order valence-electron chi connectivity index (χ4n) is 4.54. The van der Waals surface area contributed by atoms with E-state index in [-0.39, 0.29) is 10.8 Å². The molecular formula is C22H34N6O4S. The Hall–Kier alpha value is -2.08. The zero-order chi connectivity index (χ0) is 23.3. The predicted octanol–water partition coefficient (Wildman–Crippen LogP) is 1.22. The highest BCUT2D eigenvalue weighted by molar-refractivity contribution is 7.89. The van der Waals surface area contributed by atoms with Gasteiger partial charge >= 0.3 is 0 Å². The molecule has 2 fully saturated rings. The average Bonchev–Trinajstić information content (AvgIpc) is 3.25. The number of fused-ring (bicyclic) bond motifs is 1. The number of carbonyl (C=O) groups excluding carboxylic acids is 1. The standard InChI is InChI=1S/C22H34N6O4S/c1-2-10-27-20-8-7-18(17-19(20)24-25-27)33(30,31)28-12-4-3-6-21(28)22(29)23-9-5-11-26-13-15-32-16-14-26/h7-8,17,21H,2-6,9-16H2,1H3,(H,23,29). The number of ether oxygens (including phenoxy) is 1. The molecule has 0 radical (unpaired) electrons. The SMILES string of the molecule is CCCn1nnc2cc(S(=O)(=O)N3CCCCC3C(=O)NCCCN3CCOCC3)ccc21. The zero-order valence-electron chi connectivity index (χ0n) is 19.3. The lowest BCUT2D eigenvalue weighted by atomic mass is 10.0. The first-order chi connectivity index (χ1) is 16.0. The van der Waals surface area contributed by atoms with Gasteiger partial charge in [0.1, 0.15) is 11.6 Å². The molecule has 2 aliphatic rings. The van der Waals surface area contributed by atoms with Crippen LogP contribution in [-0.4, -0.2) is 90.5 Å². The molecule has 1 atom stereocenters. The fourth-order valence-corrected chi connectivity index (χ4v) is 6.21. The van der Waals surface area contributed by atoms with Crippen molar-refractivity contribution in [2.24, 2.45) is 0 Å². The molecule has 10 nitrogen and oxygen atoms in total. The Labute approximate surface area is 195 Å². The summed E-state index contributed by atoms with van der Waals surface area (Å²) in [7, 11) is -3.83. The molecule has 1 unspecified atom stereocenters. The van der Waals surface area contributed by atoms with E-state index in [1.807, 2.05) is 0 Å². The molecule has 3 heterocycles. The second kappa shape index (κ2) is 10.9. The number of aryl methyl sites for hydroxylation is 1. The minimum absolute atomic E-state index is 0.158. The van der Waals surface area contributed by atoms with Gasteiger partial charge in [-0.2, -0.15) is 4.31 Å². The molecule has 1 aromatic carbocycles. The monoisotopic (exact) mass is 478 g/mol. The molecule has 0 bridgehead atoms. The topological polar surface area (TPSA) is 110 Å². The molecule has 4 rings (SSSR count). The Morgan fingerprint density at radius 1 is 1.18 bits per heavy atom. The summed E-state index contributed by atoms with van der Waals surface area (Å²) in [5, 5.41) is 11.2. The van der Waals surface area contributed by atoms with Gasteiger partial charge in [-0.3, -0.25) is 9.69 Å². The second-order valence-electron chi connectivity index (χ2n) is 8.69. The molecule has 182 valence electrons. The summed E-state index contributed by atoms with van der Waals surface area (Å²) < 4.78 is 35.5. The van der Waals surface area contributed by atoms with Crippen molar-refractivity contribution in [2.75, 3.05) is 45.9 Å². The van der Waals surface area contributed by atoms with Gasteiger partial charge < -0.3 is 10.1 Å². The number of rotatable bonds is 9. The number of sulfonamides is 1. The molecule has 0 spiro atoms. The van der Waals surface area contributed by atoms with Gasteiger partial charge in [0, 0.05) is 32.7 Å². The molecule has 0 saturated carbocycles. The Balaban J connectivity index is 1.42. The predicted molar refractivity (Wildman–Crippen MR) is 124 cm³/mol. The van der Waals surface area contributed by atoms with Gasteiger partial charge in [0.15, 0.2) is 0 Å². The van der Waals surface area contributed by atoms with Crippen LogP contribution >= 0.6 is 0 Å². The van der Waals surface area contributed by atoms with Crippen molar-refractivity contribution >= 4 is 27.0 Å². The van der Waals surface area contributed by atoms with E-state index in [4.69, 9.17) is 4.74 Å². The van der Waals surface area contributed by atoms with Crippen molar-refractivity contribution < 1.29 is 17.9 Å². The third kappa shape index (κ3) is 5.53. The van der Waals surface area contributed by atoms with Gasteiger partial charge in [0.2, 0.25) is 15.9 Å². The minimum atomic E-state index is -3.83. The maximum absolute atomic E-state index is 13.5. The van der Waals surface area contributed by atoms with Crippen molar-refractivity contribution in [3.05, 3.63) is 18.2 Å². The lowest BCUT2D eigenvalue weighted by Crippen LogP contribution is -2.52. The Kier molecular flexibility index (Phi) is 7.94. The van der Waals surface area contributed by atoms with Crippen LogP contribution in [-0.2, 0) is 26.1 Å². The number of amides is 1. The molecule has 2 aliphatic heterocycles. The normalized spacial score (nSPS) is 20.8. The first kappa shape index (κ1) is 24.1. The molecule has 2 saturated heterocycles. The maximum atomic E-state index is 13.5. The summed E-state index contributed by atoms with van der Waals surface area (Å²) >= 11 is 0. The van der Waals surface area contributed by atoms with E-state index in [0.29, 0.717) is 25.0 Å². The smallest absolute Gasteiger partial charge is 0.243 e. The lowest BCUT2D eigenvalue weighted by Gasteiger charge is -2.33. The summed E-state index contributed by atoms with van der Waals surface area (Å²) in [5.41, 5.74) is 1.36. The molecule has 11 heteroatoms. The minimum Gasteiger partial charge on any atom is -0.379 e. The number of piperidine rings is 1. The van der Waals surface area contributed by atoms with E-state index < -0.39 is 16.1 Å².